The monoisotopic (exact) mass is 155 g/mol. The quantitative estimate of drug-likeness (QED) is 0.528. The molecule has 0 fully saturated rings. The summed E-state index contributed by atoms with van der Waals surface area (Å²) >= 11 is 0. The largest absolute Gasteiger partial charge is 0.383 e. The molecule has 60 valence electrons. The van der Waals surface area contributed by atoms with Gasteiger partial charge in [-0.05, 0) is 0 Å². The summed E-state index contributed by atoms with van der Waals surface area (Å²) in [5.41, 5.74) is 0.278. The third-order valence-corrected chi connectivity index (χ3v) is 1.49. The van der Waals surface area contributed by atoms with E-state index in [1.807, 2.05) is 0 Å². The summed E-state index contributed by atoms with van der Waals surface area (Å²) in [7, 11) is 0. The molecule has 2 N–H and O–H groups in total. The average Bonchev–Trinajstić information content (AvgIpc) is 1.94. The van der Waals surface area contributed by atoms with Gasteiger partial charge in [0.15, 0.2) is 5.78 Å². The molecular formula is C7H9NO3. The van der Waals surface area contributed by atoms with E-state index in [0.29, 0.717) is 0 Å². The summed E-state index contributed by atoms with van der Waals surface area (Å²) in [6, 6.07) is 0. The van der Waals surface area contributed by atoms with Crippen LogP contribution in [-0.4, -0.2) is 22.9 Å². The van der Waals surface area contributed by atoms with Gasteiger partial charge in [-0.15, -0.1) is 0 Å². The van der Waals surface area contributed by atoms with Gasteiger partial charge in [0, 0.05) is 13.3 Å². The number of aliphatic hydroxyl groups is 1. The van der Waals surface area contributed by atoms with Crippen molar-refractivity contribution in [3.05, 3.63) is 11.8 Å². The van der Waals surface area contributed by atoms with Crippen molar-refractivity contribution >= 4 is 11.7 Å². The first kappa shape index (κ1) is 7.94. The van der Waals surface area contributed by atoms with Crippen molar-refractivity contribution in [3.63, 3.8) is 0 Å². The fourth-order valence-corrected chi connectivity index (χ4v) is 0.835. The second kappa shape index (κ2) is 2.84. The average molecular weight is 155 g/mol. The Morgan fingerprint density at radius 3 is 2.91 bits per heavy atom. The van der Waals surface area contributed by atoms with Gasteiger partial charge in [-0.2, -0.15) is 0 Å². The molecule has 4 heteroatoms. The van der Waals surface area contributed by atoms with Crippen LogP contribution < -0.4 is 5.32 Å². The van der Waals surface area contributed by atoms with Crippen LogP contribution in [0.5, 0.6) is 0 Å². The van der Waals surface area contributed by atoms with Gasteiger partial charge in [-0.3, -0.25) is 9.59 Å². The molecule has 1 aliphatic rings. The van der Waals surface area contributed by atoms with Crippen molar-refractivity contribution in [1.29, 1.82) is 0 Å². The molecule has 0 aromatic carbocycles. The van der Waals surface area contributed by atoms with Crippen molar-refractivity contribution in [2.45, 2.75) is 19.4 Å². The molecule has 0 aromatic rings. The lowest BCUT2D eigenvalue weighted by atomic mass is 10.1. The van der Waals surface area contributed by atoms with Gasteiger partial charge < -0.3 is 10.4 Å². The van der Waals surface area contributed by atoms with Crippen molar-refractivity contribution in [2.75, 3.05) is 0 Å². The Morgan fingerprint density at radius 2 is 2.45 bits per heavy atom. The Balaban J connectivity index is 2.74. The van der Waals surface area contributed by atoms with Crippen LogP contribution in [-0.2, 0) is 9.59 Å². The molecule has 11 heavy (non-hydrogen) atoms. The lowest BCUT2D eigenvalue weighted by Crippen LogP contribution is -2.39. The zero-order valence-corrected chi connectivity index (χ0v) is 6.13. The van der Waals surface area contributed by atoms with Crippen LogP contribution >= 0.6 is 0 Å². The molecule has 1 atom stereocenters. The number of aliphatic hydroxyl groups excluding tert-OH is 1. The molecule has 1 rings (SSSR count). The second-order valence-electron chi connectivity index (χ2n) is 2.41. The van der Waals surface area contributed by atoms with Gasteiger partial charge in [0.1, 0.15) is 6.10 Å². The summed E-state index contributed by atoms with van der Waals surface area (Å²) in [4.78, 5) is 21.4. The van der Waals surface area contributed by atoms with Crippen LogP contribution in [0, 0.1) is 0 Å². The number of amides is 1. The lowest BCUT2D eigenvalue weighted by Gasteiger charge is -2.15. The highest BCUT2D eigenvalue weighted by molar-refractivity contribution is 5.99. The Hall–Kier alpha value is -1.16. The van der Waals surface area contributed by atoms with E-state index < -0.39 is 12.0 Å². The Bertz CT molecular complexity index is 232. The van der Waals surface area contributed by atoms with Gasteiger partial charge in [0.2, 0.25) is 0 Å². The highest BCUT2D eigenvalue weighted by Crippen LogP contribution is 2.05. The topological polar surface area (TPSA) is 66.4 Å². The van der Waals surface area contributed by atoms with Gasteiger partial charge in [-0.1, -0.05) is 6.08 Å². The molecule has 0 aliphatic carbocycles. The van der Waals surface area contributed by atoms with E-state index in [2.05, 4.69) is 5.32 Å². The molecule has 1 amide bonds. The number of rotatable bonds is 1. The van der Waals surface area contributed by atoms with Crippen molar-refractivity contribution in [2.24, 2.45) is 0 Å². The van der Waals surface area contributed by atoms with E-state index in [4.69, 9.17) is 5.11 Å². The fourth-order valence-electron chi connectivity index (χ4n) is 0.835. The molecule has 1 aliphatic heterocycles. The number of Topliss-reactive ketones (excluding diaryl/α,β-unsaturated/α-hetero) is 1. The highest BCUT2D eigenvalue weighted by atomic mass is 16.3. The summed E-state index contributed by atoms with van der Waals surface area (Å²) in [6.07, 6.45) is 0.743. The van der Waals surface area contributed by atoms with Crippen LogP contribution in [0.3, 0.4) is 0 Å². The van der Waals surface area contributed by atoms with E-state index >= 15 is 0 Å². The number of carbonyl (C=O) groups excluding carboxylic acids is 2. The maximum absolute atomic E-state index is 10.8. The molecule has 0 spiro atoms. The number of hydrogen-bond donors (Lipinski definition) is 2. The fraction of sp³-hybridized carbons (Fsp3) is 0.429. The smallest absolute Gasteiger partial charge is 0.253 e. The molecule has 0 bridgehead atoms. The third kappa shape index (κ3) is 1.65. The first-order valence-electron chi connectivity index (χ1n) is 3.31. The normalized spacial score (nSPS) is 24.0. The Labute approximate surface area is 63.9 Å². The molecule has 0 saturated heterocycles. The van der Waals surface area contributed by atoms with Crippen molar-refractivity contribution in [1.82, 2.24) is 5.32 Å². The minimum Gasteiger partial charge on any atom is -0.383 e. The van der Waals surface area contributed by atoms with Crippen LogP contribution in [0.25, 0.3) is 0 Å². The first-order chi connectivity index (χ1) is 5.11. The first-order valence-corrected chi connectivity index (χ1v) is 3.31. The summed E-state index contributed by atoms with van der Waals surface area (Å²) < 4.78 is 0. The summed E-state index contributed by atoms with van der Waals surface area (Å²) in [5.74, 6) is -0.692. The SMILES string of the molecule is CC(=O)C1=CCC(O)C(=O)N1. The predicted molar refractivity (Wildman–Crippen MR) is 37.5 cm³/mol. The van der Waals surface area contributed by atoms with Gasteiger partial charge in [0.05, 0.1) is 5.70 Å². The van der Waals surface area contributed by atoms with E-state index in [-0.39, 0.29) is 17.9 Å². The highest BCUT2D eigenvalue weighted by Gasteiger charge is 2.21. The van der Waals surface area contributed by atoms with Gasteiger partial charge in [0.25, 0.3) is 5.91 Å². The van der Waals surface area contributed by atoms with Gasteiger partial charge >= 0.3 is 0 Å². The number of carbonyl (C=O) groups is 2. The molecular weight excluding hydrogens is 146 g/mol. The number of allylic oxidation sites excluding steroid dienone is 1. The van der Waals surface area contributed by atoms with Crippen LogP contribution in [0.4, 0.5) is 0 Å². The van der Waals surface area contributed by atoms with Crippen LogP contribution in [0.1, 0.15) is 13.3 Å². The van der Waals surface area contributed by atoms with E-state index in [0.717, 1.165) is 0 Å². The van der Waals surface area contributed by atoms with Crippen molar-refractivity contribution in [3.8, 4) is 0 Å². The number of ketones is 1. The second-order valence-corrected chi connectivity index (χ2v) is 2.41. The zero-order chi connectivity index (χ0) is 8.43. The maximum atomic E-state index is 10.8. The maximum Gasteiger partial charge on any atom is 0.253 e. The molecule has 0 aromatic heterocycles. The Kier molecular flexibility index (Phi) is 2.05. The van der Waals surface area contributed by atoms with Crippen LogP contribution in [0.2, 0.25) is 0 Å². The molecule has 0 radical (unpaired) electrons. The number of nitrogens with one attached hydrogen (secondary N) is 1. The third-order valence-electron chi connectivity index (χ3n) is 1.49. The summed E-state index contributed by atoms with van der Waals surface area (Å²) in [6.45, 7) is 1.36. The lowest BCUT2D eigenvalue weighted by molar-refractivity contribution is -0.130. The molecule has 1 unspecified atom stereocenters. The Morgan fingerprint density at radius 1 is 1.82 bits per heavy atom. The van der Waals surface area contributed by atoms with E-state index in [1.54, 1.807) is 0 Å². The standard InChI is InChI=1S/C7H9NO3/c1-4(9)5-2-3-6(10)7(11)8-5/h2,6,10H,3H2,1H3,(H,8,11). The van der Waals surface area contributed by atoms with Crippen LogP contribution in [0.15, 0.2) is 11.8 Å². The minimum atomic E-state index is -1.00. The summed E-state index contributed by atoms with van der Waals surface area (Å²) in [5, 5.41) is 11.2. The van der Waals surface area contributed by atoms with Gasteiger partial charge in [-0.25, -0.2) is 0 Å². The van der Waals surface area contributed by atoms with E-state index in [1.165, 1.54) is 13.0 Å². The molecule has 4 nitrogen and oxygen atoms in total. The van der Waals surface area contributed by atoms with Crippen molar-refractivity contribution < 1.29 is 14.7 Å². The molecule has 1 heterocycles. The minimum absolute atomic E-state index is 0.190. The zero-order valence-electron chi connectivity index (χ0n) is 6.13. The van der Waals surface area contributed by atoms with E-state index in [9.17, 15) is 9.59 Å². The predicted octanol–water partition coefficient (Wildman–Crippen LogP) is -0.660. The number of hydrogen-bond acceptors (Lipinski definition) is 3. The molecule has 0 saturated carbocycles.